The third-order valence-electron chi connectivity index (χ3n) is 3.23. The maximum atomic E-state index is 13.1. The van der Waals surface area contributed by atoms with E-state index in [1.807, 2.05) is 0 Å². The molecule has 1 fully saturated rings. The van der Waals surface area contributed by atoms with E-state index in [-0.39, 0.29) is 18.2 Å². The minimum atomic E-state index is -3.12. The van der Waals surface area contributed by atoms with Gasteiger partial charge in [0.2, 0.25) is 0 Å². The number of benzene rings is 1. The van der Waals surface area contributed by atoms with Crippen LogP contribution in [0.25, 0.3) is 0 Å². The van der Waals surface area contributed by atoms with Gasteiger partial charge >= 0.3 is 12.6 Å². The molecule has 0 saturated carbocycles. The van der Waals surface area contributed by atoms with Crippen LogP contribution in [0, 0.1) is 11.7 Å². The van der Waals surface area contributed by atoms with Crippen LogP contribution in [0.15, 0.2) is 18.2 Å². The van der Waals surface area contributed by atoms with Crippen molar-refractivity contribution in [3.63, 3.8) is 0 Å². The molecule has 1 aliphatic rings. The van der Waals surface area contributed by atoms with Crippen LogP contribution in [-0.2, 0) is 0 Å². The molecule has 5 nitrogen and oxygen atoms in total. The molecule has 1 unspecified atom stereocenters. The van der Waals surface area contributed by atoms with E-state index in [0.29, 0.717) is 19.5 Å². The third-order valence-corrected chi connectivity index (χ3v) is 3.23. The fourth-order valence-corrected chi connectivity index (χ4v) is 2.15. The predicted octanol–water partition coefficient (Wildman–Crippen LogP) is 2.27. The van der Waals surface area contributed by atoms with Gasteiger partial charge in [-0.05, 0) is 18.6 Å². The average molecular weight is 304 g/mol. The summed E-state index contributed by atoms with van der Waals surface area (Å²) in [6.07, 6.45) is 0.674. The van der Waals surface area contributed by atoms with Gasteiger partial charge in [-0.2, -0.15) is 8.78 Å². The second kappa shape index (κ2) is 6.66. The number of urea groups is 1. The van der Waals surface area contributed by atoms with Crippen molar-refractivity contribution >= 4 is 11.7 Å². The summed E-state index contributed by atoms with van der Waals surface area (Å²) in [5.74, 6) is -1.16. The van der Waals surface area contributed by atoms with Crippen molar-refractivity contribution in [3.05, 3.63) is 24.0 Å². The summed E-state index contributed by atoms with van der Waals surface area (Å²) in [6, 6.07) is 2.47. The molecular formula is C13H15F3N2O3. The zero-order valence-corrected chi connectivity index (χ0v) is 11.1. The van der Waals surface area contributed by atoms with Crippen LogP contribution in [0.4, 0.5) is 23.7 Å². The Morgan fingerprint density at radius 1 is 1.52 bits per heavy atom. The highest BCUT2D eigenvalue weighted by atomic mass is 19.3. The zero-order chi connectivity index (χ0) is 15.4. The largest absolute Gasteiger partial charge is 0.432 e. The number of carbonyl (C=O) groups excluding carboxylic acids is 1. The lowest BCUT2D eigenvalue weighted by Gasteiger charge is -2.18. The Kier molecular flexibility index (Phi) is 4.89. The van der Waals surface area contributed by atoms with Gasteiger partial charge in [0.15, 0.2) is 5.75 Å². The molecule has 2 rings (SSSR count). The average Bonchev–Trinajstić information content (AvgIpc) is 2.90. The van der Waals surface area contributed by atoms with Gasteiger partial charge in [0.05, 0.1) is 5.69 Å². The van der Waals surface area contributed by atoms with E-state index in [0.717, 1.165) is 18.2 Å². The number of ether oxygens (including phenoxy) is 1. The molecule has 0 bridgehead atoms. The third kappa shape index (κ3) is 4.01. The Hall–Kier alpha value is -1.96. The molecule has 1 saturated heterocycles. The Morgan fingerprint density at radius 2 is 2.29 bits per heavy atom. The van der Waals surface area contributed by atoms with Crippen molar-refractivity contribution in [2.75, 3.05) is 25.0 Å². The summed E-state index contributed by atoms with van der Waals surface area (Å²) >= 11 is 0. The van der Waals surface area contributed by atoms with Gasteiger partial charge in [-0.25, -0.2) is 9.18 Å². The Labute approximate surface area is 119 Å². The summed E-state index contributed by atoms with van der Waals surface area (Å²) < 4.78 is 41.8. The Balaban J connectivity index is 2.06. The number of alkyl halides is 2. The van der Waals surface area contributed by atoms with Gasteiger partial charge in [0.1, 0.15) is 5.82 Å². The number of nitrogens with one attached hydrogen (secondary N) is 1. The van der Waals surface area contributed by atoms with Crippen LogP contribution < -0.4 is 10.1 Å². The van der Waals surface area contributed by atoms with Crippen molar-refractivity contribution in [1.82, 2.24) is 4.90 Å². The number of aliphatic hydroxyl groups is 1. The number of hydrogen-bond acceptors (Lipinski definition) is 3. The SMILES string of the molecule is O=C(Nc1ccc(F)cc1OC(F)F)N1CCC(CO)C1. The van der Waals surface area contributed by atoms with Crippen LogP contribution in [0.5, 0.6) is 5.75 Å². The monoisotopic (exact) mass is 304 g/mol. The molecule has 1 aromatic rings. The molecule has 0 radical (unpaired) electrons. The minimum Gasteiger partial charge on any atom is -0.432 e. The number of hydrogen-bond donors (Lipinski definition) is 2. The van der Waals surface area contributed by atoms with Crippen LogP contribution in [0.2, 0.25) is 0 Å². The van der Waals surface area contributed by atoms with E-state index < -0.39 is 24.2 Å². The molecule has 1 heterocycles. The van der Waals surface area contributed by atoms with E-state index in [4.69, 9.17) is 5.11 Å². The van der Waals surface area contributed by atoms with Gasteiger partial charge in [-0.1, -0.05) is 0 Å². The van der Waals surface area contributed by atoms with E-state index in [9.17, 15) is 18.0 Å². The molecule has 2 N–H and O–H groups in total. The van der Waals surface area contributed by atoms with Crippen LogP contribution in [0.3, 0.4) is 0 Å². The van der Waals surface area contributed by atoms with E-state index in [1.54, 1.807) is 0 Å². The molecule has 1 atom stereocenters. The van der Waals surface area contributed by atoms with Gasteiger partial charge in [-0.3, -0.25) is 0 Å². The molecule has 116 valence electrons. The number of anilines is 1. The highest BCUT2D eigenvalue weighted by Gasteiger charge is 2.26. The van der Waals surface area contributed by atoms with Gasteiger partial charge in [-0.15, -0.1) is 0 Å². The highest BCUT2D eigenvalue weighted by Crippen LogP contribution is 2.28. The fourth-order valence-electron chi connectivity index (χ4n) is 2.15. The van der Waals surface area contributed by atoms with Crippen LogP contribution >= 0.6 is 0 Å². The number of rotatable bonds is 4. The summed E-state index contributed by atoms with van der Waals surface area (Å²) in [5.41, 5.74) is -0.0332. The number of nitrogens with zero attached hydrogens (tertiary/aromatic N) is 1. The lowest BCUT2D eigenvalue weighted by atomic mass is 10.1. The first-order valence-corrected chi connectivity index (χ1v) is 6.40. The Bertz CT molecular complexity index is 513. The van der Waals surface area contributed by atoms with Crippen molar-refractivity contribution in [1.29, 1.82) is 0 Å². The number of aliphatic hydroxyl groups excluding tert-OH is 1. The van der Waals surface area contributed by atoms with Gasteiger partial charge in [0.25, 0.3) is 0 Å². The number of halogens is 3. The molecule has 1 aromatic carbocycles. The van der Waals surface area contributed by atoms with Crippen molar-refractivity contribution in [3.8, 4) is 5.75 Å². The van der Waals surface area contributed by atoms with Crippen molar-refractivity contribution in [2.24, 2.45) is 5.92 Å². The lowest BCUT2D eigenvalue weighted by Crippen LogP contribution is -2.33. The smallest absolute Gasteiger partial charge is 0.387 e. The van der Waals surface area contributed by atoms with E-state index in [2.05, 4.69) is 10.1 Å². The molecule has 0 spiro atoms. The number of carbonyl (C=O) groups is 1. The minimum absolute atomic E-state index is 0.0138. The molecule has 8 heteroatoms. The first-order valence-electron chi connectivity index (χ1n) is 6.40. The second-order valence-electron chi connectivity index (χ2n) is 4.73. The first-order chi connectivity index (χ1) is 9.99. The maximum absolute atomic E-state index is 13.1. The molecular weight excluding hydrogens is 289 g/mol. The number of amides is 2. The van der Waals surface area contributed by atoms with Gasteiger partial charge < -0.3 is 20.1 Å². The normalized spacial score (nSPS) is 18.1. The first kappa shape index (κ1) is 15.4. The quantitative estimate of drug-likeness (QED) is 0.897. The lowest BCUT2D eigenvalue weighted by molar-refractivity contribution is -0.0495. The number of likely N-dealkylation sites (tertiary alicyclic amines) is 1. The van der Waals surface area contributed by atoms with Crippen molar-refractivity contribution < 1.29 is 27.8 Å². The molecule has 21 heavy (non-hydrogen) atoms. The topological polar surface area (TPSA) is 61.8 Å². The summed E-state index contributed by atoms with van der Waals surface area (Å²) in [4.78, 5) is 13.5. The summed E-state index contributed by atoms with van der Waals surface area (Å²) in [5, 5.41) is 11.4. The van der Waals surface area contributed by atoms with Crippen molar-refractivity contribution in [2.45, 2.75) is 13.0 Å². The summed E-state index contributed by atoms with van der Waals surface area (Å²) in [6.45, 7) is -2.29. The van der Waals surface area contributed by atoms with Crippen LogP contribution in [0.1, 0.15) is 6.42 Å². The molecule has 0 aromatic heterocycles. The van der Waals surface area contributed by atoms with Gasteiger partial charge in [0, 0.05) is 31.7 Å². The molecule has 1 aliphatic heterocycles. The van der Waals surface area contributed by atoms with E-state index >= 15 is 0 Å². The van der Waals surface area contributed by atoms with Crippen LogP contribution in [-0.4, -0.2) is 42.3 Å². The second-order valence-corrected chi connectivity index (χ2v) is 4.73. The standard InChI is InChI=1S/C13H15F3N2O3/c14-9-1-2-10(11(5-9)21-12(15)16)17-13(20)18-4-3-8(6-18)7-19/h1-2,5,8,12,19H,3-4,6-7H2,(H,17,20). The summed E-state index contributed by atoms with van der Waals surface area (Å²) in [7, 11) is 0. The Morgan fingerprint density at radius 3 is 2.90 bits per heavy atom. The highest BCUT2D eigenvalue weighted by molar-refractivity contribution is 5.91. The molecule has 0 aliphatic carbocycles. The van der Waals surface area contributed by atoms with E-state index in [1.165, 1.54) is 4.90 Å². The zero-order valence-electron chi connectivity index (χ0n) is 11.1. The maximum Gasteiger partial charge on any atom is 0.387 e. The fraction of sp³-hybridized carbons (Fsp3) is 0.462. The molecule has 2 amide bonds. The predicted molar refractivity (Wildman–Crippen MR) is 68.8 cm³/mol.